The first-order chi connectivity index (χ1) is 10.8. The second kappa shape index (κ2) is 5.43. The summed E-state index contributed by atoms with van der Waals surface area (Å²) in [6.07, 6.45) is 0. The highest BCUT2D eigenvalue weighted by atomic mass is 35.5. The predicted molar refractivity (Wildman–Crippen MR) is 87.7 cm³/mol. The van der Waals surface area contributed by atoms with Crippen LogP contribution in [0.1, 0.15) is 0 Å². The van der Waals surface area contributed by atoms with Crippen molar-refractivity contribution in [3.8, 4) is 11.8 Å². The lowest BCUT2D eigenvalue weighted by molar-refractivity contribution is 0.427. The van der Waals surface area contributed by atoms with Crippen molar-refractivity contribution in [2.24, 2.45) is 21.1 Å². The van der Waals surface area contributed by atoms with Crippen LogP contribution in [-0.2, 0) is 21.1 Å². The fourth-order valence-corrected chi connectivity index (χ4v) is 2.56. The first-order valence-corrected chi connectivity index (χ1v) is 7.32. The summed E-state index contributed by atoms with van der Waals surface area (Å²) in [6, 6.07) is 4.89. The Morgan fingerprint density at radius 3 is 2.43 bits per heavy atom. The highest BCUT2D eigenvalue weighted by Gasteiger charge is 2.19. The summed E-state index contributed by atoms with van der Waals surface area (Å²) in [5.74, 6) is 0.305. The van der Waals surface area contributed by atoms with Gasteiger partial charge < -0.3 is 4.74 Å². The molecule has 0 aliphatic carbocycles. The lowest BCUT2D eigenvalue weighted by Gasteiger charge is -2.07. The third-order valence-corrected chi connectivity index (χ3v) is 4.08. The highest BCUT2D eigenvalue weighted by molar-refractivity contribution is 6.34. The van der Waals surface area contributed by atoms with Crippen LogP contribution in [0.5, 0.6) is 11.8 Å². The maximum absolute atomic E-state index is 12.3. The zero-order valence-electron chi connectivity index (χ0n) is 12.5. The Hall–Kier alpha value is -2.25. The van der Waals surface area contributed by atoms with Gasteiger partial charge in [0.1, 0.15) is 0 Å². The molecule has 0 amide bonds. The second-order valence-electron chi connectivity index (χ2n) is 5.01. The lowest BCUT2D eigenvalue weighted by atomic mass is 10.3. The van der Waals surface area contributed by atoms with Gasteiger partial charge in [-0.15, -0.1) is 0 Å². The van der Waals surface area contributed by atoms with E-state index in [0.29, 0.717) is 15.8 Å². The van der Waals surface area contributed by atoms with Crippen LogP contribution >= 0.6 is 23.2 Å². The number of hydrogen-bond acceptors (Lipinski definition) is 4. The summed E-state index contributed by atoms with van der Waals surface area (Å²) >= 11 is 12.0. The van der Waals surface area contributed by atoms with Crippen LogP contribution < -0.4 is 16.0 Å². The van der Waals surface area contributed by atoms with Gasteiger partial charge in [0, 0.05) is 32.2 Å². The number of ether oxygens (including phenoxy) is 1. The minimum Gasteiger partial charge on any atom is -0.424 e. The fraction of sp³-hybridized carbons (Fsp3) is 0.214. The SMILES string of the molecule is Cn1c(=O)c2c(nc(Oc3cc(Cl)ccc3Cl)n2C)n(C)c1=O. The molecule has 0 aliphatic heterocycles. The molecule has 0 radical (unpaired) electrons. The van der Waals surface area contributed by atoms with Crippen LogP contribution in [0.3, 0.4) is 0 Å². The van der Waals surface area contributed by atoms with E-state index >= 15 is 0 Å². The zero-order valence-corrected chi connectivity index (χ0v) is 14.0. The standard InChI is InChI=1S/C14H12Cl2N4O3/c1-18-10-11(19(2)14(22)20(3)12(10)21)17-13(18)23-9-6-7(15)4-5-8(9)16/h4-6H,1-3H3. The van der Waals surface area contributed by atoms with E-state index in [2.05, 4.69) is 4.98 Å². The van der Waals surface area contributed by atoms with Crippen molar-refractivity contribution < 1.29 is 4.74 Å². The van der Waals surface area contributed by atoms with E-state index in [9.17, 15) is 9.59 Å². The van der Waals surface area contributed by atoms with E-state index in [0.717, 1.165) is 4.57 Å². The van der Waals surface area contributed by atoms with Crippen molar-refractivity contribution in [2.75, 3.05) is 0 Å². The summed E-state index contributed by atoms with van der Waals surface area (Å²) in [6.45, 7) is 0. The molecule has 0 saturated heterocycles. The molecule has 120 valence electrons. The van der Waals surface area contributed by atoms with Gasteiger partial charge in [-0.2, -0.15) is 4.98 Å². The van der Waals surface area contributed by atoms with Gasteiger partial charge in [-0.25, -0.2) is 4.79 Å². The Balaban J connectivity index is 2.24. The van der Waals surface area contributed by atoms with Crippen molar-refractivity contribution in [1.29, 1.82) is 0 Å². The largest absolute Gasteiger partial charge is 0.424 e. The quantitative estimate of drug-likeness (QED) is 0.706. The van der Waals surface area contributed by atoms with Crippen LogP contribution in [0.15, 0.2) is 27.8 Å². The number of fused-ring (bicyclic) bond motifs is 1. The van der Waals surface area contributed by atoms with Crippen molar-refractivity contribution >= 4 is 34.4 Å². The van der Waals surface area contributed by atoms with Gasteiger partial charge in [-0.1, -0.05) is 23.2 Å². The summed E-state index contributed by atoms with van der Waals surface area (Å²) in [7, 11) is 4.56. The number of benzene rings is 1. The van der Waals surface area contributed by atoms with Crippen LogP contribution in [0, 0.1) is 0 Å². The van der Waals surface area contributed by atoms with Gasteiger partial charge in [-0.05, 0) is 12.1 Å². The molecule has 0 spiro atoms. The Bertz CT molecular complexity index is 1050. The first kappa shape index (κ1) is 15.6. The van der Waals surface area contributed by atoms with E-state index < -0.39 is 11.2 Å². The number of aromatic nitrogens is 4. The number of hydrogen-bond donors (Lipinski definition) is 0. The van der Waals surface area contributed by atoms with Crippen LogP contribution in [0.4, 0.5) is 0 Å². The fourth-order valence-electron chi connectivity index (χ4n) is 2.24. The lowest BCUT2D eigenvalue weighted by Crippen LogP contribution is -2.37. The molecule has 0 saturated carbocycles. The molecule has 0 N–H and O–H groups in total. The monoisotopic (exact) mass is 354 g/mol. The van der Waals surface area contributed by atoms with Gasteiger partial charge in [0.05, 0.1) is 5.02 Å². The molecule has 0 unspecified atom stereocenters. The number of halogens is 2. The first-order valence-electron chi connectivity index (χ1n) is 6.56. The molecule has 7 nitrogen and oxygen atoms in total. The Kier molecular flexibility index (Phi) is 3.69. The van der Waals surface area contributed by atoms with Crippen molar-refractivity contribution in [2.45, 2.75) is 0 Å². The Morgan fingerprint density at radius 2 is 1.74 bits per heavy atom. The molecule has 0 fully saturated rings. The average Bonchev–Trinajstić information content (AvgIpc) is 2.84. The molecule has 0 bridgehead atoms. The molecule has 9 heteroatoms. The third kappa shape index (κ3) is 2.42. The van der Waals surface area contributed by atoms with E-state index in [4.69, 9.17) is 27.9 Å². The molecule has 23 heavy (non-hydrogen) atoms. The molecular weight excluding hydrogens is 343 g/mol. The zero-order chi connectivity index (χ0) is 16.9. The van der Waals surface area contributed by atoms with Gasteiger partial charge in [0.2, 0.25) is 0 Å². The third-order valence-electron chi connectivity index (χ3n) is 3.53. The number of imidazole rings is 1. The molecule has 3 aromatic rings. The molecule has 2 aromatic heterocycles. The van der Waals surface area contributed by atoms with Crippen molar-refractivity contribution in [3.05, 3.63) is 49.1 Å². The van der Waals surface area contributed by atoms with E-state index in [-0.39, 0.29) is 17.2 Å². The summed E-state index contributed by atoms with van der Waals surface area (Å²) in [5.41, 5.74) is -0.436. The topological polar surface area (TPSA) is 71.1 Å². The molecule has 1 aromatic carbocycles. The van der Waals surface area contributed by atoms with Gasteiger partial charge in [0.25, 0.3) is 5.56 Å². The number of aryl methyl sites for hydroxylation is 2. The van der Waals surface area contributed by atoms with Crippen LogP contribution in [0.2, 0.25) is 10.0 Å². The summed E-state index contributed by atoms with van der Waals surface area (Å²) in [5, 5.41) is 0.801. The number of rotatable bonds is 2. The Morgan fingerprint density at radius 1 is 1.04 bits per heavy atom. The van der Waals surface area contributed by atoms with Gasteiger partial charge in [0.15, 0.2) is 16.9 Å². The normalized spacial score (nSPS) is 11.2. The minimum absolute atomic E-state index is 0.127. The highest BCUT2D eigenvalue weighted by Crippen LogP contribution is 2.31. The molecule has 2 heterocycles. The summed E-state index contributed by atoms with van der Waals surface area (Å²) < 4.78 is 9.43. The maximum Gasteiger partial charge on any atom is 0.332 e. The minimum atomic E-state index is -0.465. The smallest absolute Gasteiger partial charge is 0.332 e. The van der Waals surface area contributed by atoms with Crippen LogP contribution in [-0.4, -0.2) is 18.7 Å². The molecule has 0 aliphatic rings. The van der Waals surface area contributed by atoms with Gasteiger partial charge >= 0.3 is 11.7 Å². The average molecular weight is 355 g/mol. The van der Waals surface area contributed by atoms with Crippen molar-refractivity contribution in [3.63, 3.8) is 0 Å². The number of nitrogens with zero attached hydrogens (tertiary/aromatic N) is 4. The van der Waals surface area contributed by atoms with Crippen molar-refractivity contribution in [1.82, 2.24) is 18.7 Å². The second-order valence-corrected chi connectivity index (χ2v) is 5.85. The predicted octanol–water partition coefficient (Wildman–Crippen LogP) is 2.07. The molecule has 3 rings (SSSR count). The van der Waals surface area contributed by atoms with Crippen LogP contribution in [0.25, 0.3) is 11.2 Å². The van der Waals surface area contributed by atoms with E-state index in [1.54, 1.807) is 25.2 Å². The maximum atomic E-state index is 12.3. The van der Waals surface area contributed by atoms with Gasteiger partial charge in [-0.3, -0.25) is 18.5 Å². The summed E-state index contributed by atoms with van der Waals surface area (Å²) in [4.78, 5) is 28.5. The van der Waals surface area contributed by atoms with E-state index in [1.165, 1.54) is 23.2 Å². The molecular formula is C14H12Cl2N4O3. The Labute approximate surface area is 140 Å². The molecule has 0 atom stereocenters. The van der Waals surface area contributed by atoms with E-state index in [1.807, 2.05) is 0 Å².